The van der Waals surface area contributed by atoms with Gasteiger partial charge in [-0.2, -0.15) is 0 Å². The Bertz CT molecular complexity index is 1100. The fourth-order valence-electron chi connectivity index (χ4n) is 2.32. The van der Waals surface area contributed by atoms with Gasteiger partial charge in [-0.3, -0.25) is 9.20 Å². The van der Waals surface area contributed by atoms with Crippen molar-refractivity contribution in [3.8, 4) is 0 Å². The summed E-state index contributed by atoms with van der Waals surface area (Å²) >= 11 is 0. The van der Waals surface area contributed by atoms with E-state index in [0.29, 0.717) is 22.3 Å². The van der Waals surface area contributed by atoms with Gasteiger partial charge in [0.15, 0.2) is 5.65 Å². The van der Waals surface area contributed by atoms with Crippen molar-refractivity contribution in [2.45, 2.75) is 0 Å². The Hall–Kier alpha value is -3.48. The lowest BCUT2D eigenvalue weighted by Gasteiger charge is -2.05. The van der Waals surface area contributed by atoms with Gasteiger partial charge in [-0.05, 0) is 24.3 Å². The normalized spacial score (nSPS) is 11.0. The molecule has 0 saturated carbocycles. The van der Waals surface area contributed by atoms with Gasteiger partial charge in [-0.1, -0.05) is 18.2 Å². The van der Waals surface area contributed by atoms with Crippen LogP contribution < -0.4 is 10.9 Å². The molecule has 1 amide bonds. The third kappa shape index (κ3) is 2.34. The van der Waals surface area contributed by atoms with Gasteiger partial charge in [-0.15, -0.1) is 10.2 Å². The van der Waals surface area contributed by atoms with Gasteiger partial charge >= 0.3 is 5.63 Å². The number of fused-ring (bicyclic) bond motifs is 2. The van der Waals surface area contributed by atoms with Crippen molar-refractivity contribution in [1.82, 2.24) is 14.6 Å². The van der Waals surface area contributed by atoms with Gasteiger partial charge in [0.2, 0.25) is 0 Å². The first-order chi connectivity index (χ1) is 11.2. The zero-order valence-corrected chi connectivity index (χ0v) is 11.8. The number of nitrogens with one attached hydrogen (secondary N) is 1. The van der Waals surface area contributed by atoms with E-state index in [0.717, 1.165) is 0 Å². The molecule has 7 nitrogen and oxygen atoms in total. The van der Waals surface area contributed by atoms with Crippen LogP contribution in [0.5, 0.6) is 0 Å². The van der Waals surface area contributed by atoms with Gasteiger partial charge < -0.3 is 9.73 Å². The number of pyridine rings is 1. The molecular weight excluding hydrogens is 296 g/mol. The highest BCUT2D eigenvalue weighted by Crippen LogP contribution is 2.14. The minimum absolute atomic E-state index is 0.0486. The first kappa shape index (κ1) is 13.2. The standard InChI is InChI=1S/C16H10N4O3/c21-15(18-11-5-6-14-19-17-9-20(14)8-11)12-7-10-3-1-2-4-13(10)23-16(12)22/h1-9H,(H,18,21). The summed E-state index contributed by atoms with van der Waals surface area (Å²) < 4.78 is 6.83. The quantitative estimate of drug-likeness (QED) is 0.573. The van der Waals surface area contributed by atoms with Gasteiger partial charge in [0.05, 0.1) is 5.69 Å². The Morgan fingerprint density at radius 2 is 2.04 bits per heavy atom. The maximum Gasteiger partial charge on any atom is 0.349 e. The van der Waals surface area contributed by atoms with Crippen LogP contribution in [-0.2, 0) is 0 Å². The number of benzene rings is 1. The maximum absolute atomic E-state index is 12.3. The second kappa shape index (κ2) is 5.06. The van der Waals surface area contributed by atoms with E-state index in [4.69, 9.17) is 4.42 Å². The average molecular weight is 306 g/mol. The van der Waals surface area contributed by atoms with Crippen molar-refractivity contribution >= 4 is 28.2 Å². The lowest BCUT2D eigenvalue weighted by molar-refractivity contribution is 0.102. The van der Waals surface area contributed by atoms with Crippen molar-refractivity contribution < 1.29 is 9.21 Å². The van der Waals surface area contributed by atoms with E-state index in [2.05, 4.69) is 15.5 Å². The molecule has 3 heterocycles. The van der Waals surface area contributed by atoms with Crippen LogP contribution in [0, 0.1) is 0 Å². The minimum atomic E-state index is -0.674. The van der Waals surface area contributed by atoms with Crippen molar-refractivity contribution in [3.05, 3.63) is 71.0 Å². The molecule has 0 saturated heterocycles. The van der Waals surface area contributed by atoms with E-state index in [-0.39, 0.29) is 5.56 Å². The monoisotopic (exact) mass is 306 g/mol. The molecule has 112 valence electrons. The Kier molecular flexibility index (Phi) is 2.90. The number of hydrogen-bond donors (Lipinski definition) is 1. The highest BCUT2D eigenvalue weighted by molar-refractivity contribution is 6.05. The Morgan fingerprint density at radius 3 is 2.96 bits per heavy atom. The number of aromatic nitrogens is 3. The van der Waals surface area contributed by atoms with Gasteiger partial charge in [-0.25, -0.2) is 4.79 Å². The number of carbonyl (C=O) groups is 1. The van der Waals surface area contributed by atoms with Crippen LogP contribution in [0.2, 0.25) is 0 Å². The molecular formula is C16H10N4O3. The van der Waals surface area contributed by atoms with Crippen molar-refractivity contribution in [3.63, 3.8) is 0 Å². The fourth-order valence-corrected chi connectivity index (χ4v) is 2.32. The third-order valence-electron chi connectivity index (χ3n) is 3.43. The summed E-state index contributed by atoms with van der Waals surface area (Å²) in [7, 11) is 0. The van der Waals surface area contributed by atoms with E-state index in [1.807, 2.05) is 6.07 Å². The molecule has 7 heteroatoms. The van der Waals surface area contributed by atoms with Crippen LogP contribution >= 0.6 is 0 Å². The smallest absolute Gasteiger partial charge is 0.349 e. The summed E-state index contributed by atoms with van der Waals surface area (Å²) in [5.41, 5.74) is 0.905. The summed E-state index contributed by atoms with van der Waals surface area (Å²) in [5, 5.41) is 11.0. The fraction of sp³-hybridized carbons (Fsp3) is 0. The molecule has 0 fully saturated rings. The van der Waals surface area contributed by atoms with Gasteiger partial charge in [0.1, 0.15) is 17.5 Å². The molecule has 0 aliphatic rings. The first-order valence-corrected chi connectivity index (χ1v) is 6.84. The molecule has 0 radical (unpaired) electrons. The summed E-state index contributed by atoms with van der Waals surface area (Å²) in [6, 6.07) is 11.9. The second-order valence-corrected chi connectivity index (χ2v) is 4.95. The molecule has 0 spiro atoms. The molecule has 0 aliphatic heterocycles. The minimum Gasteiger partial charge on any atom is -0.422 e. The maximum atomic E-state index is 12.3. The highest BCUT2D eigenvalue weighted by atomic mass is 16.4. The molecule has 4 aromatic rings. The summed E-state index contributed by atoms with van der Waals surface area (Å²) in [6.07, 6.45) is 3.19. The Morgan fingerprint density at radius 1 is 1.17 bits per heavy atom. The van der Waals surface area contributed by atoms with Crippen molar-refractivity contribution in [1.29, 1.82) is 0 Å². The summed E-state index contributed by atoms with van der Waals surface area (Å²) in [6.45, 7) is 0. The number of hydrogen-bond acceptors (Lipinski definition) is 5. The largest absolute Gasteiger partial charge is 0.422 e. The lowest BCUT2D eigenvalue weighted by atomic mass is 10.2. The SMILES string of the molecule is O=C(Nc1ccc2nncn2c1)c1cc2ccccc2oc1=O. The van der Waals surface area contributed by atoms with Crippen molar-refractivity contribution in [2.24, 2.45) is 0 Å². The average Bonchev–Trinajstić information content (AvgIpc) is 3.01. The number of amides is 1. The van der Waals surface area contributed by atoms with E-state index < -0.39 is 11.5 Å². The van der Waals surface area contributed by atoms with Crippen molar-refractivity contribution in [2.75, 3.05) is 5.32 Å². The highest BCUT2D eigenvalue weighted by Gasteiger charge is 2.14. The van der Waals surface area contributed by atoms with E-state index in [1.54, 1.807) is 40.9 Å². The topological polar surface area (TPSA) is 89.5 Å². The first-order valence-electron chi connectivity index (χ1n) is 6.84. The Balaban J connectivity index is 1.71. The van der Waals surface area contributed by atoms with Crippen LogP contribution in [-0.4, -0.2) is 20.5 Å². The summed E-state index contributed by atoms with van der Waals surface area (Å²) in [4.78, 5) is 24.3. The molecule has 0 atom stereocenters. The van der Waals surface area contributed by atoms with E-state index in [1.165, 1.54) is 12.4 Å². The molecule has 3 aromatic heterocycles. The van der Waals surface area contributed by atoms with E-state index in [9.17, 15) is 9.59 Å². The number of para-hydroxylation sites is 1. The van der Waals surface area contributed by atoms with Crippen LogP contribution in [0.25, 0.3) is 16.6 Å². The second-order valence-electron chi connectivity index (χ2n) is 4.95. The Labute approximate surface area is 129 Å². The number of carbonyl (C=O) groups excluding carboxylic acids is 1. The molecule has 1 aromatic carbocycles. The molecule has 4 rings (SSSR count). The number of anilines is 1. The molecule has 1 N–H and O–H groups in total. The summed E-state index contributed by atoms with van der Waals surface area (Å²) in [5.74, 6) is -0.531. The van der Waals surface area contributed by atoms with Crippen LogP contribution in [0.15, 0.2) is 64.2 Å². The zero-order chi connectivity index (χ0) is 15.8. The predicted molar refractivity (Wildman–Crippen MR) is 83.4 cm³/mol. The number of rotatable bonds is 2. The van der Waals surface area contributed by atoms with Crippen LogP contribution in [0.4, 0.5) is 5.69 Å². The zero-order valence-electron chi connectivity index (χ0n) is 11.8. The molecule has 0 aliphatic carbocycles. The van der Waals surface area contributed by atoms with E-state index >= 15 is 0 Å². The lowest BCUT2D eigenvalue weighted by Crippen LogP contribution is -2.20. The molecule has 0 unspecified atom stereocenters. The number of nitrogens with zero attached hydrogens (tertiary/aromatic N) is 3. The third-order valence-corrected chi connectivity index (χ3v) is 3.43. The van der Waals surface area contributed by atoms with Crippen LogP contribution in [0.1, 0.15) is 10.4 Å². The van der Waals surface area contributed by atoms with Crippen LogP contribution in [0.3, 0.4) is 0 Å². The van der Waals surface area contributed by atoms with Gasteiger partial charge in [0, 0.05) is 11.6 Å². The van der Waals surface area contributed by atoms with Gasteiger partial charge in [0.25, 0.3) is 5.91 Å². The molecule has 0 bridgehead atoms. The molecule has 23 heavy (non-hydrogen) atoms. The predicted octanol–water partition coefficient (Wildman–Crippen LogP) is 2.09.